The predicted molar refractivity (Wildman–Crippen MR) is 77.2 cm³/mol. The van der Waals surface area contributed by atoms with Gasteiger partial charge in [-0.25, -0.2) is 0 Å². The largest absolute Gasteiger partial charge is 0.376 e. The van der Waals surface area contributed by atoms with Gasteiger partial charge in [0.05, 0.1) is 6.54 Å². The van der Waals surface area contributed by atoms with Crippen molar-refractivity contribution in [3.8, 4) is 0 Å². The molecule has 0 spiro atoms. The third-order valence-corrected chi connectivity index (χ3v) is 3.48. The minimum absolute atomic E-state index is 0.0128. The zero-order chi connectivity index (χ0) is 13.8. The zero-order valence-electron chi connectivity index (χ0n) is 11.4. The lowest BCUT2D eigenvalue weighted by Crippen LogP contribution is -2.45. The van der Waals surface area contributed by atoms with E-state index in [0.29, 0.717) is 5.02 Å². The molecule has 1 amide bonds. The van der Waals surface area contributed by atoms with Crippen LogP contribution in [0.4, 0.5) is 5.69 Å². The normalized spacial score (nSPS) is 11.2. The second kappa shape index (κ2) is 6.10. The van der Waals surface area contributed by atoms with Gasteiger partial charge >= 0.3 is 0 Å². The number of hydrogen-bond acceptors (Lipinski definition) is 2. The standard InChI is InChI=1S/C14H21ClN2O/c1-5-14(3,4)17-13(18)9-16-12-8-6-7-11(15)10(12)2/h6-8,16H,5,9H2,1-4H3,(H,17,18). The molecule has 0 atom stereocenters. The topological polar surface area (TPSA) is 41.1 Å². The van der Waals surface area contributed by atoms with Crippen LogP contribution in [0.25, 0.3) is 0 Å². The molecule has 0 saturated heterocycles. The lowest BCUT2D eigenvalue weighted by molar-refractivity contribution is -0.121. The fourth-order valence-electron chi connectivity index (χ4n) is 1.48. The van der Waals surface area contributed by atoms with Gasteiger partial charge in [-0.3, -0.25) is 4.79 Å². The third kappa shape index (κ3) is 4.22. The highest BCUT2D eigenvalue weighted by molar-refractivity contribution is 6.31. The van der Waals surface area contributed by atoms with Gasteiger partial charge in [0.2, 0.25) is 5.91 Å². The molecule has 0 radical (unpaired) electrons. The quantitative estimate of drug-likeness (QED) is 0.860. The molecule has 3 nitrogen and oxygen atoms in total. The Morgan fingerprint density at radius 1 is 1.39 bits per heavy atom. The fourth-order valence-corrected chi connectivity index (χ4v) is 1.66. The summed E-state index contributed by atoms with van der Waals surface area (Å²) in [5.74, 6) is -0.0128. The number of halogens is 1. The van der Waals surface area contributed by atoms with E-state index >= 15 is 0 Å². The van der Waals surface area contributed by atoms with E-state index < -0.39 is 0 Å². The maximum atomic E-state index is 11.8. The van der Waals surface area contributed by atoms with E-state index in [1.807, 2.05) is 39.0 Å². The van der Waals surface area contributed by atoms with Crippen molar-refractivity contribution in [3.63, 3.8) is 0 Å². The molecule has 0 unspecified atom stereocenters. The summed E-state index contributed by atoms with van der Waals surface area (Å²) >= 11 is 6.02. The van der Waals surface area contributed by atoms with E-state index in [0.717, 1.165) is 17.7 Å². The summed E-state index contributed by atoms with van der Waals surface area (Å²) in [5.41, 5.74) is 1.69. The average molecular weight is 269 g/mol. The van der Waals surface area contributed by atoms with Crippen LogP contribution in [-0.4, -0.2) is 18.0 Å². The molecule has 1 rings (SSSR count). The summed E-state index contributed by atoms with van der Waals surface area (Å²) in [7, 11) is 0. The van der Waals surface area contributed by atoms with E-state index in [1.54, 1.807) is 0 Å². The minimum atomic E-state index is -0.165. The number of anilines is 1. The van der Waals surface area contributed by atoms with Crippen molar-refractivity contribution in [2.24, 2.45) is 0 Å². The highest BCUT2D eigenvalue weighted by Gasteiger charge is 2.17. The highest BCUT2D eigenvalue weighted by Crippen LogP contribution is 2.22. The molecule has 1 aromatic rings. The van der Waals surface area contributed by atoms with Crippen LogP contribution in [0.15, 0.2) is 18.2 Å². The Bertz CT molecular complexity index is 430. The van der Waals surface area contributed by atoms with Crippen LogP contribution >= 0.6 is 11.6 Å². The molecule has 0 aliphatic heterocycles. The highest BCUT2D eigenvalue weighted by atomic mass is 35.5. The Hall–Kier alpha value is -1.22. The van der Waals surface area contributed by atoms with E-state index in [-0.39, 0.29) is 18.0 Å². The number of carbonyl (C=O) groups excluding carboxylic acids is 1. The molecular weight excluding hydrogens is 248 g/mol. The molecular formula is C14H21ClN2O. The minimum Gasteiger partial charge on any atom is -0.376 e. The molecule has 0 aromatic heterocycles. The summed E-state index contributed by atoms with van der Waals surface area (Å²) < 4.78 is 0. The number of carbonyl (C=O) groups is 1. The molecule has 0 fully saturated rings. The van der Waals surface area contributed by atoms with Gasteiger partial charge in [0.15, 0.2) is 0 Å². The van der Waals surface area contributed by atoms with Crippen LogP contribution in [-0.2, 0) is 4.79 Å². The second-order valence-electron chi connectivity index (χ2n) is 5.05. The first-order valence-corrected chi connectivity index (χ1v) is 6.53. The summed E-state index contributed by atoms with van der Waals surface area (Å²) in [6.45, 7) is 8.25. The average Bonchev–Trinajstić information content (AvgIpc) is 2.30. The van der Waals surface area contributed by atoms with Crippen molar-refractivity contribution in [1.29, 1.82) is 0 Å². The van der Waals surface area contributed by atoms with E-state index in [1.165, 1.54) is 0 Å². The number of nitrogens with one attached hydrogen (secondary N) is 2. The summed E-state index contributed by atoms with van der Waals surface area (Å²) in [4.78, 5) is 11.8. The summed E-state index contributed by atoms with van der Waals surface area (Å²) in [5, 5.41) is 6.78. The van der Waals surface area contributed by atoms with Gasteiger partial charge in [0.25, 0.3) is 0 Å². The van der Waals surface area contributed by atoms with Crippen molar-refractivity contribution >= 4 is 23.2 Å². The van der Waals surface area contributed by atoms with Crippen molar-refractivity contribution in [2.45, 2.75) is 39.7 Å². The van der Waals surface area contributed by atoms with Gasteiger partial charge in [0.1, 0.15) is 0 Å². The molecule has 100 valence electrons. The molecule has 0 bridgehead atoms. The van der Waals surface area contributed by atoms with Gasteiger partial charge < -0.3 is 10.6 Å². The first-order chi connectivity index (χ1) is 8.35. The van der Waals surface area contributed by atoms with Crippen molar-refractivity contribution in [3.05, 3.63) is 28.8 Å². The Morgan fingerprint density at radius 3 is 2.67 bits per heavy atom. The molecule has 0 aliphatic rings. The maximum absolute atomic E-state index is 11.8. The van der Waals surface area contributed by atoms with Gasteiger partial charge in [-0.15, -0.1) is 0 Å². The van der Waals surface area contributed by atoms with Crippen molar-refractivity contribution in [1.82, 2.24) is 5.32 Å². The number of hydrogen-bond donors (Lipinski definition) is 2. The number of benzene rings is 1. The molecule has 0 heterocycles. The Balaban J connectivity index is 2.56. The van der Waals surface area contributed by atoms with Crippen LogP contribution in [0.5, 0.6) is 0 Å². The third-order valence-electron chi connectivity index (χ3n) is 3.07. The molecule has 18 heavy (non-hydrogen) atoms. The Labute approximate surface area is 114 Å². The van der Waals surface area contributed by atoms with Crippen LogP contribution in [0, 0.1) is 6.92 Å². The lowest BCUT2D eigenvalue weighted by atomic mass is 10.0. The van der Waals surface area contributed by atoms with Crippen LogP contribution < -0.4 is 10.6 Å². The summed E-state index contributed by atoms with van der Waals surface area (Å²) in [6, 6.07) is 5.62. The van der Waals surface area contributed by atoms with Gasteiger partial charge in [-0.05, 0) is 44.9 Å². The maximum Gasteiger partial charge on any atom is 0.239 e. The van der Waals surface area contributed by atoms with Crippen molar-refractivity contribution in [2.75, 3.05) is 11.9 Å². The molecule has 0 saturated carbocycles. The number of amides is 1. The predicted octanol–water partition coefficient (Wildman–Crippen LogP) is 3.37. The molecule has 1 aromatic carbocycles. The molecule has 2 N–H and O–H groups in total. The van der Waals surface area contributed by atoms with Gasteiger partial charge in [0, 0.05) is 16.2 Å². The van der Waals surface area contributed by atoms with Crippen molar-refractivity contribution < 1.29 is 4.79 Å². The summed E-state index contributed by atoms with van der Waals surface area (Å²) in [6.07, 6.45) is 0.898. The first kappa shape index (κ1) is 14.8. The molecule has 0 aliphatic carbocycles. The lowest BCUT2D eigenvalue weighted by Gasteiger charge is -2.24. The zero-order valence-corrected chi connectivity index (χ0v) is 12.2. The van der Waals surface area contributed by atoms with Crippen LogP contribution in [0.2, 0.25) is 5.02 Å². The van der Waals surface area contributed by atoms with E-state index in [2.05, 4.69) is 17.6 Å². The Kier molecular flexibility index (Phi) is 5.03. The van der Waals surface area contributed by atoms with Crippen LogP contribution in [0.3, 0.4) is 0 Å². The van der Waals surface area contributed by atoms with E-state index in [4.69, 9.17) is 11.6 Å². The smallest absolute Gasteiger partial charge is 0.239 e. The van der Waals surface area contributed by atoms with Crippen LogP contribution in [0.1, 0.15) is 32.8 Å². The Morgan fingerprint density at radius 2 is 2.06 bits per heavy atom. The fraction of sp³-hybridized carbons (Fsp3) is 0.500. The molecule has 4 heteroatoms. The van der Waals surface area contributed by atoms with E-state index in [9.17, 15) is 4.79 Å². The van der Waals surface area contributed by atoms with Gasteiger partial charge in [-0.2, -0.15) is 0 Å². The number of rotatable bonds is 5. The first-order valence-electron chi connectivity index (χ1n) is 6.15. The second-order valence-corrected chi connectivity index (χ2v) is 5.46. The SMILES string of the molecule is CCC(C)(C)NC(=O)CNc1cccc(Cl)c1C. The van der Waals surface area contributed by atoms with Gasteiger partial charge in [-0.1, -0.05) is 24.6 Å². The monoisotopic (exact) mass is 268 g/mol.